The number of rotatable bonds is 1. The van der Waals surface area contributed by atoms with Crippen LogP contribution in [0, 0.1) is 6.92 Å². The van der Waals surface area contributed by atoms with Crippen molar-refractivity contribution in [2.45, 2.75) is 32.6 Å². The van der Waals surface area contributed by atoms with Crippen molar-refractivity contribution < 1.29 is 5.11 Å². The van der Waals surface area contributed by atoms with Gasteiger partial charge < -0.3 is 9.67 Å². The minimum absolute atomic E-state index is 0.135. The Morgan fingerprint density at radius 2 is 2.20 bits per heavy atom. The van der Waals surface area contributed by atoms with E-state index in [4.69, 9.17) is 0 Å². The predicted octanol–water partition coefficient (Wildman–Crippen LogP) is 2.28. The van der Waals surface area contributed by atoms with E-state index in [0.717, 1.165) is 12.8 Å². The molecule has 0 radical (unpaired) electrons. The Bertz CT molecular complexity index is 457. The number of aromatic hydroxyl groups is 1. The lowest BCUT2D eigenvalue weighted by molar-refractivity contribution is 0.459. The van der Waals surface area contributed by atoms with Crippen molar-refractivity contribution in [1.29, 1.82) is 0 Å². The van der Waals surface area contributed by atoms with E-state index in [0.29, 0.717) is 5.69 Å². The number of pyridine rings is 1. The van der Waals surface area contributed by atoms with Gasteiger partial charge in [-0.05, 0) is 32.6 Å². The fraction of sp³-hybridized carbons (Fsp3) is 0.417. The minimum Gasteiger partial charge on any atom is -0.503 e. The minimum atomic E-state index is -0.305. The second-order valence-electron chi connectivity index (χ2n) is 3.93. The normalized spacial score (nSPS) is 16.2. The van der Waals surface area contributed by atoms with Crippen LogP contribution in [0.3, 0.4) is 0 Å². The molecule has 3 nitrogen and oxygen atoms in total. The topological polar surface area (TPSA) is 42.2 Å². The van der Waals surface area contributed by atoms with Gasteiger partial charge in [-0.2, -0.15) is 0 Å². The largest absolute Gasteiger partial charge is 0.503 e. The van der Waals surface area contributed by atoms with Crippen LogP contribution >= 0.6 is 0 Å². The summed E-state index contributed by atoms with van der Waals surface area (Å²) >= 11 is 0. The molecule has 1 aliphatic rings. The molecular formula is C12H15NO2. The zero-order chi connectivity index (χ0) is 10.8. The highest BCUT2D eigenvalue weighted by Gasteiger charge is 2.10. The molecule has 0 amide bonds. The number of nitrogens with zero attached hydrogens (tertiary/aromatic N) is 1. The van der Waals surface area contributed by atoms with Gasteiger partial charge in [0.15, 0.2) is 5.75 Å². The third kappa shape index (κ3) is 1.82. The van der Waals surface area contributed by atoms with Gasteiger partial charge in [-0.1, -0.05) is 6.08 Å². The smallest absolute Gasteiger partial charge is 0.223 e. The molecule has 0 saturated heterocycles. The van der Waals surface area contributed by atoms with E-state index in [2.05, 4.69) is 6.08 Å². The zero-order valence-electron chi connectivity index (χ0n) is 8.86. The molecule has 1 N–H and O–H groups in total. The van der Waals surface area contributed by atoms with Crippen molar-refractivity contribution >= 4 is 5.70 Å². The summed E-state index contributed by atoms with van der Waals surface area (Å²) in [6.45, 7) is 1.77. The van der Waals surface area contributed by atoms with Crippen LogP contribution in [-0.4, -0.2) is 9.67 Å². The van der Waals surface area contributed by atoms with Crippen molar-refractivity contribution in [3.8, 4) is 5.75 Å². The maximum atomic E-state index is 11.2. The van der Waals surface area contributed by atoms with Gasteiger partial charge in [0.1, 0.15) is 0 Å². The molecule has 0 saturated carbocycles. The molecule has 0 aromatic carbocycles. The van der Waals surface area contributed by atoms with Crippen LogP contribution in [0.4, 0.5) is 0 Å². The molecule has 0 aliphatic heterocycles. The molecule has 2 rings (SSSR count). The van der Waals surface area contributed by atoms with Crippen LogP contribution in [0.2, 0.25) is 0 Å². The monoisotopic (exact) mass is 205 g/mol. The van der Waals surface area contributed by atoms with Gasteiger partial charge >= 0.3 is 0 Å². The first-order chi connectivity index (χ1) is 7.20. The summed E-state index contributed by atoms with van der Waals surface area (Å²) < 4.78 is 1.91. The second-order valence-corrected chi connectivity index (χ2v) is 3.93. The third-order valence-corrected chi connectivity index (χ3v) is 2.89. The summed E-state index contributed by atoms with van der Waals surface area (Å²) in [4.78, 5) is 11.2. The van der Waals surface area contributed by atoms with E-state index in [9.17, 15) is 9.90 Å². The van der Waals surface area contributed by atoms with Gasteiger partial charge in [-0.3, -0.25) is 4.79 Å². The molecule has 3 heteroatoms. The Labute approximate surface area is 88.7 Å². The molecule has 0 spiro atoms. The number of aromatic nitrogens is 1. The van der Waals surface area contributed by atoms with Crippen molar-refractivity contribution in [3.63, 3.8) is 0 Å². The Hall–Kier alpha value is -1.51. The molecule has 1 heterocycles. The van der Waals surface area contributed by atoms with Crippen LogP contribution in [0.25, 0.3) is 5.70 Å². The van der Waals surface area contributed by atoms with E-state index in [1.807, 2.05) is 4.57 Å². The standard InChI is InChI=1S/C12H15NO2/c1-9-12(15)11(14)7-8-13(9)10-5-3-2-4-6-10/h5,7-8,15H,2-4,6H2,1H3. The van der Waals surface area contributed by atoms with Gasteiger partial charge in [0.05, 0.1) is 5.69 Å². The van der Waals surface area contributed by atoms with Crippen molar-refractivity contribution in [1.82, 2.24) is 4.57 Å². The molecule has 0 bridgehead atoms. The highest BCUT2D eigenvalue weighted by Crippen LogP contribution is 2.24. The summed E-state index contributed by atoms with van der Waals surface area (Å²) in [5.41, 5.74) is 1.52. The van der Waals surface area contributed by atoms with Crippen LogP contribution in [0.15, 0.2) is 23.1 Å². The van der Waals surface area contributed by atoms with Gasteiger partial charge in [-0.25, -0.2) is 0 Å². The van der Waals surface area contributed by atoms with Crippen LogP contribution < -0.4 is 5.43 Å². The SMILES string of the molecule is Cc1c(O)c(=O)ccn1C1=CCCCC1. The van der Waals surface area contributed by atoms with Gasteiger partial charge in [0, 0.05) is 18.0 Å². The van der Waals surface area contributed by atoms with Crippen LogP contribution in [0.5, 0.6) is 5.75 Å². The first-order valence-corrected chi connectivity index (χ1v) is 5.31. The lowest BCUT2D eigenvalue weighted by Gasteiger charge is -2.18. The molecule has 1 aromatic rings. The predicted molar refractivity (Wildman–Crippen MR) is 59.8 cm³/mol. The number of allylic oxidation sites excluding steroid dienone is 2. The zero-order valence-corrected chi connectivity index (χ0v) is 8.86. The lowest BCUT2D eigenvalue weighted by Crippen LogP contribution is -2.10. The highest BCUT2D eigenvalue weighted by molar-refractivity contribution is 5.49. The van der Waals surface area contributed by atoms with E-state index >= 15 is 0 Å². The molecular weight excluding hydrogens is 190 g/mol. The van der Waals surface area contributed by atoms with Gasteiger partial charge in [0.2, 0.25) is 5.43 Å². The molecule has 1 aliphatic carbocycles. The first-order valence-electron chi connectivity index (χ1n) is 5.31. The van der Waals surface area contributed by atoms with E-state index in [-0.39, 0.29) is 11.2 Å². The lowest BCUT2D eigenvalue weighted by atomic mass is 10.0. The van der Waals surface area contributed by atoms with E-state index < -0.39 is 0 Å². The fourth-order valence-electron chi connectivity index (χ4n) is 1.98. The Morgan fingerprint density at radius 3 is 2.87 bits per heavy atom. The summed E-state index contributed by atoms with van der Waals surface area (Å²) in [5, 5.41) is 9.56. The molecule has 15 heavy (non-hydrogen) atoms. The molecule has 0 fully saturated rings. The van der Waals surface area contributed by atoms with Crippen molar-refractivity contribution in [3.05, 3.63) is 34.3 Å². The quantitative estimate of drug-likeness (QED) is 0.764. The van der Waals surface area contributed by atoms with Gasteiger partial charge in [-0.15, -0.1) is 0 Å². The average molecular weight is 205 g/mol. The molecule has 80 valence electrons. The van der Waals surface area contributed by atoms with Crippen LogP contribution in [-0.2, 0) is 0 Å². The maximum absolute atomic E-state index is 11.2. The first kappa shape index (κ1) is 10.0. The van der Waals surface area contributed by atoms with Crippen LogP contribution in [0.1, 0.15) is 31.4 Å². The summed E-state index contributed by atoms with van der Waals surface area (Å²) in [7, 11) is 0. The molecule has 0 unspecified atom stereocenters. The van der Waals surface area contributed by atoms with Crippen molar-refractivity contribution in [2.24, 2.45) is 0 Å². The molecule has 0 atom stereocenters. The maximum Gasteiger partial charge on any atom is 0.223 e. The van der Waals surface area contributed by atoms with Gasteiger partial charge in [0.25, 0.3) is 0 Å². The highest BCUT2D eigenvalue weighted by atomic mass is 16.3. The molecule has 1 aromatic heterocycles. The Morgan fingerprint density at radius 1 is 1.40 bits per heavy atom. The Kier molecular flexibility index (Phi) is 2.62. The third-order valence-electron chi connectivity index (χ3n) is 2.89. The van der Waals surface area contributed by atoms with E-state index in [1.165, 1.54) is 24.6 Å². The summed E-state index contributed by atoms with van der Waals surface area (Å²) in [6.07, 6.45) is 8.44. The number of hydrogen-bond donors (Lipinski definition) is 1. The average Bonchev–Trinajstić information content (AvgIpc) is 2.27. The summed E-state index contributed by atoms with van der Waals surface area (Å²) in [5.74, 6) is -0.135. The van der Waals surface area contributed by atoms with E-state index in [1.54, 1.807) is 13.1 Å². The second kappa shape index (κ2) is 3.93. The number of hydrogen-bond acceptors (Lipinski definition) is 2. The fourth-order valence-corrected chi connectivity index (χ4v) is 1.98. The Balaban J connectivity index is 2.49. The summed E-state index contributed by atoms with van der Waals surface area (Å²) in [6, 6.07) is 1.41. The van der Waals surface area contributed by atoms with Crippen molar-refractivity contribution in [2.75, 3.05) is 0 Å².